The first-order valence-electron chi connectivity index (χ1n) is 7.86. The Kier molecular flexibility index (Phi) is 5.16. The van der Waals surface area contributed by atoms with E-state index in [0.717, 1.165) is 24.1 Å². The smallest absolute Gasteiger partial charge is 0.227 e. The molecule has 0 bridgehead atoms. The van der Waals surface area contributed by atoms with E-state index in [9.17, 15) is 14.9 Å². The van der Waals surface area contributed by atoms with E-state index >= 15 is 0 Å². The fourth-order valence-electron chi connectivity index (χ4n) is 3.20. The van der Waals surface area contributed by atoms with Crippen molar-refractivity contribution >= 4 is 35.1 Å². The summed E-state index contributed by atoms with van der Waals surface area (Å²) in [6.45, 7) is 0. The van der Waals surface area contributed by atoms with Gasteiger partial charge in [0.2, 0.25) is 5.91 Å². The van der Waals surface area contributed by atoms with Crippen molar-refractivity contribution in [3.63, 3.8) is 0 Å². The molecule has 0 aromatic heterocycles. The standard InChI is InChI=1S/C18H16ClN3O2S/c19-12-5-2-1-4-10(12)16-11(8-20)18(25-9-15(21)24)22-13-6-3-7-14(23)17(13)16/h1-2,4-5,16,22H,3,6-7,9H2,(H2,21,24)/t16-/m1/s1. The molecule has 1 aliphatic heterocycles. The summed E-state index contributed by atoms with van der Waals surface area (Å²) in [7, 11) is 0. The Morgan fingerprint density at radius 2 is 2.16 bits per heavy atom. The highest BCUT2D eigenvalue weighted by Gasteiger charge is 2.37. The first kappa shape index (κ1) is 17.6. The Bertz CT molecular complexity index is 854. The number of nitrogens with one attached hydrogen (secondary N) is 1. The molecule has 3 rings (SSSR count). The van der Waals surface area contributed by atoms with E-state index in [4.69, 9.17) is 17.3 Å². The number of nitrogens with zero attached hydrogens (tertiary/aromatic N) is 1. The first-order chi connectivity index (χ1) is 12.0. The van der Waals surface area contributed by atoms with Crippen LogP contribution in [0.2, 0.25) is 5.02 Å². The number of rotatable bonds is 4. The van der Waals surface area contributed by atoms with Crippen LogP contribution in [0.15, 0.2) is 46.1 Å². The van der Waals surface area contributed by atoms with Gasteiger partial charge in [0, 0.05) is 22.7 Å². The Hall–Kier alpha value is -2.23. The second kappa shape index (κ2) is 7.34. The first-order valence-corrected chi connectivity index (χ1v) is 9.22. The summed E-state index contributed by atoms with van der Waals surface area (Å²) < 4.78 is 0. The number of hydrogen-bond donors (Lipinski definition) is 2. The van der Waals surface area contributed by atoms with Crippen molar-refractivity contribution in [3.05, 3.63) is 56.7 Å². The van der Waals surface area contributed by atoms with E-state index in [0.29, 0.717) is 27.6 Å². The van der Waals surface area contributed by atoms with Crippen LogP contribution < -0.4 is 11.1 Å². The molecule has 1 heterocycles. The molecule has 0 radical (unpaired) electrons. The number of nitriles is 1. The lowest BCUT2D eigenvalue weighted by molar-refractivity contribution is -0.116. The number of nitrogens with two attached hydrogens (primary N) is 1. The zero-order valence-electron chi connectivity index (χ0n) is 13.3. The van der Waals surface area contributed by atoms with Gasteiger partial charge in [-0.15, -0.1) is 0 Å². The fourth-order valence-corrected chi connectivity index (χ4v) is 4.25. The van der Waals surface area contributed by atoms with Crippen molar-refractivity contribution in [1.29, 1.82) is 5.26 Å². The molecule has 0 saturated carbocycles. The van der Waals surface area contributed by atoms with Crippen molar-refractivity contribution in [2.75, 3.05) is 5.75 Å². The van der Waals surface area contributed by atoms with Crippen molar-refractivity contribution in [2.45, 2.75) is 25.2 Å². The second-order valence-corrected chi connectivity index (χ2v) is 7.25. The van der Waals surface area contributed by atoms with Crippen molar-refractivity contribution in [3.8, 4) is 6.07 Å². The number of carbonyl (C=O) groups excluding carboxylic acids is 2. The van der Waals surface area contributed by atoms with Gasteiger partial charge in [-0.3, -0.25) is 9.59 Å². The van der Waals surface area contributed by atoms with Crippen molar-refractivity contribution in [1.82, 2.24) is 5.32 Å². The minimum Gasteiger partial charge on any atom is -0.369 e. The van der Waals surface area contributed by atoms with Gasteiger partial charge in [0.15, 0.2) is 5.78 Å². The summed E-state index contributed by atoms with van der Waals surface area (Å²) in [5, 5.41) is 14.0. The van der Waals surface area contributed by atoms with Crippen LogP contribution in [-0.4, -0.2) is 17.4 Å². The van der Waals surface area contributed by atoms with Crippen LogP contribution in [0, 0.1) is 11.3 Å². The van der Waals surface area contributed by atoms with Crippen molar-refractivity contribution in [2.24, 2.45) is 5.73 Å². The Balaban J connectivity index is 2.15. The number of thioether (sulfide) groups is 1. The highest BCUT2D eigenvalue weighted by Crippen LogP contribution is 2.45. The highest BCUT2D eigenvalue weighted by molar-refractivity contribution is 8.03. The number of hydrogen-bond acceptors (Lipinski definition) is 5. The molecule has 1 amide bonds. The van der Waals surface area contributed by atoms with Gasteiger partial charge in [-0.1, -0.05) is 41.6 Å². The molecule has 25 heavy (non-hydrogen) atoms. The number of Topliss-reactive ketones (excluding diaryl/α,β-unsaturated/α-hetero) is 1. The number of halogens is 1. The van der Waals surface area contributed by atoms with E-state index < -0.39 is 11.8 Å². The molecule has 2 aliphatic rings. The number of amides is 1. The van der Waals surface area contributed by atoms with Gasteiger partial charge < -0.3 is 11.1 Å². The number of carbonyl (C=O) groups is 2. The number of benzene rings is 1. The molecular weight excluding hydrogens is 358 g/mol. The number of primary amides is 1. The summed E-state index contributed by atoms with van der Waals surface area (Å²) in [6.07, 6.45) is 1.95. The lowest BCUT2D eigenvalue weighted by Crippen LogP contribution is -2.32. The molecule has 0 saturated heterocycles. The summed E-state index contributed by atoms with van der Waals surface area (Å²) in [5.74, 6) is -0.895. The molecular formula is C18H16ClN3O2S. The quantitative estimate of drug-likeness (QED) is 0.845. The zero-order chi connectivity index (χ0) is 18.0. The van der Waals surface area contributed by atoms with Crippen LogP contribution in [0.3, 0.4) is 0 Å². The van der Waals surface area contributed by atoms with Gasteiger partial charge in [0.25, 0.3) is 0 Å². The lowest BCUT2D eigenvalue weighted by atomic mass is 9.77. The van der Waals surface area contributed by atoms with Gasteiger partial charge in [0.1, 0.15) is 0 Å². The van der Waals surface area contributed by atoms with E-state index in [1.54, 1.807) is 6.07 Å². The van der Waals surface area contributed by atoms with E-state index in [-0.39, 0.29) is 11.5 Å². The molecule has 5 nitrogen and oxygen atoms in total. The Morgan fingerprint density at radius 3 is 2.84 bits per heavy atom. The third kappa shape index (κ3) is 3.44. The van der Waals surface area contributed by atoms with Gasteiger partial charge in [-0.2, -0.15) is 5.26 Å². The molecule has 1 aromatic rings. The maximum absolute atomic E-state index is 12.6. The van der Waals surface area contributed by atoms with Crippen LogP contribution in [-0.2, 0) is 9.59 Å². The average molecular weight is 374 g/mol. The summed E-state index contributed by atoms with van der Waals surface area (Å²) >= 11 is 7.55. The molecule has 3 N–H and O–H groups in total. The fraction of sp³-hybridized carbons (Fsp3) is 0.278. The van der Waals surface area contributed by atoms with Gasteiger partial charge in [-0.25, -0.2) is 0 Å². The molecule has 1 aromatic carbocycles. The second-order valence-electron chi connectivity index (χ2n) is 5.86. The predicted octanol–water partition coefficient (Wildman–Crippen LogP) is 2.99. The minimum atomic E-state index is -0.516. The molecule has 0 unspecified atom stereocenters. The SMILES string of the molecule is N#CC1=C(SCC(N)=O)NC2=C(C(=O)CCC2)[C@@H]1c1ccccc1Cl. The summed E-state index contributed by atoms with van der Waals surface area (Å²) in [4.78, 5) is 23.8. The Labute approximate surface area is 154 Å². The third-order valence-electron chi connectivity index (χ3n) is 4.24. The number of dihydropyridines is 1. The topological polar surface area (TPSA) is 96.0 Å². The lowest BCUT2D eigenvalue weighted by Gasteiger charge is -2.33. The van der Waals surface area contributed by atoms with E-state index in [1.807, 2.05) is 18.2 Å². The number of allylic oxidation sites excluding steroid dienone is 3. The maximum Gasteiger partial charge on any atom is 0.227 e. The number of ketones is 1. The van der Waals surface area contributed by atoms with E-state index in [1.165, 1.54) is 11.8 Å². The third-order valence-corrected chi connectivity index (χ3v) is 5.62. The largest absolute Gasteiger partial charge is 0.369 e. The van der Waals surface area contributed by atoms with Crippen molar-refractivity contribution < 1.29 is 9.59 Å². The van der Waals surface area contributed by atoms with Crippen LogP contribution in [0.4, 0.5) is 0 Å². The molecule has 1 aliphatic carbocycles. The van der Waals surface area contributed by atoms with E-state index in [2.05, 4.69) is 11.4 Å². The van der Waals surface area contributed by atoms with Gasteiger partial charge in [-0.05, 0) is 24.5 Å². The summed E-state index contributed by atoms with van der Waals surface area (Å²) in [6, 6.07) is 9.43. The normalized spacial score (nSPS) is 20.0. The van der Waals surface area contributed by atoms with Crippen LogP contribution in [0.5, 0.6) is 0 Å². The van der Waals surface area contributed by atoms with Gasteiger partial charge in [0.05, 0.1) is 28.3 Å². The predicted molar refractivity (Wildman–Crippen MR) is 97.5 cm³/mol. The zero-order valence-corrected chi connectivity index (χ0v) is 14.9. The molecule has 0 fully saturated rings. The molecule has 128 valence electrons. The average Bonchev–Trinajstić information content (AvgIpc) is 2.59. The molecule has 7 heteroatoms. The highest BCUT2D eigenvalue weighted by atomic mass is 35.5. The van der Waals surface area contributed by atoms with Crippen LogP contribution in [0.1, 0.15) is 30.7 Å². The summed E-state index contributed by atoms with van der Waals surface area (Å²) in [5.41, 5.74) is 7.78. The minimum absolute atomic E-state index is 0.0328. The molecule has 0 spiro atoms. The van der Waals surface area contributed by atoms with Crippen LogP contribution >= 0.6 is 23.4 Å². The van der Waals surface area contributed by atoms with Gasteiger partial charge >= 0.3 is 0 Å². The maximum atomic E-state index is 12.6. The molecule has 1 atom stereocenters. The van der Waals surface area contributed by atoms with Crippen LogP contribution in [0.25, 0.3) is 0 Å². The monoisotopic (exact) mass is 373 g/mol. The Morgan fingerprint density at radius 1 is 1.40 bits per heavy atom.